The zero-order chi connectivity index (χ0) is 16.1. The minimum absolute atomic E-state index is 0.0373. The summed E-state index contributed by atoms with van der Waals surface area (Å²) in [6, 6.07) is 12.9. The molecule has 0 unspecified atom stereocenters. The van der Waals surface area contributed by atoms with Crippen molar-refractivity contribution in [3.63, 3.8) is 0 Å². The number of benzene rings is 2. The summed E-state index contributed by atoms with van der Waals surface area (Å²) in [5.74, 6) is -1.71. The van der Waals surface area contributed by atoms with Crippen LogP contribution in [0.2, 0.25) is 0 Å². The number of carbonyl (C=O) groups excluding carboxylic acids is 2. The topological polar surface area (TPSA) is 107 Å². The number of halogens is 2. The normalized spacial score (nSPS) is 13.7. The van der Waals surface area contributed by atoms with Crippen molar-refractivity contribution in [1.29, 1.82) is 0 Å². The van der Waals surface area contributed by atoms with Gasteiger partial charge in [-0.3, -0.25) is 3.07 Å². The van der Waals surface area contributed by atoms with Crippen molar-refractivity contribution < 1.29 is 24.3 Å². The number of hydrogen-bond donors (Lipinski definition) is 0. The Morgan fingerprint density at radius 3 is 2.32 bits per heavy atom. The van der Waals surface area contributed by atoms with Gasteiger partial charge in [0, 0.05) is 5.56 Å². The van der Waals surface area contributed by atoms with Crippen LogP contribution in [0.4, 0.5) is 0 Å². The van der Waals surface area contributed by atoms with Gasteiger partial charge in [0.05, 0.1) is 9.54 Å². The average Bonchev–Trinajstić information content (AvgIpc) is 2.83. The molecule has 1 heterocycles. The van der Waals surface area contributed by atoms with Crippen LogP contribution in [0.25, 0.3) is 0 Å². The Morgan fingerprint density at radius 2 is 1.73 bits per heavy atom. The zero-order valence-electron chi connectivity index (χ0n) is 10.8. The molecule has 2 aromatic carbocycles. The molecule has 0 spiro atoms. The molecule has 6 nitrogen and oxygen atoms in total. The van der Waals surface area contributed by atoms with Gasteiger partial charge in [0.1, 0.15) is 0 Å². The number of fused-ring (bicyclic) bond motifs is 1. The molecular weight excluding hydrogens is 518 g/mol. The Balaban J connectivity index is 0.000000160. The van der Waals surface area contributed by atoms with E-state index < -0.39 is 53.8 Å². The van der Waals surface area contributed by atoms with Gasteiger partial charge in [-0.25, -0.2) is 0 Å². The molecule has 2 aromatic rings. The molecule has 0 N–H and O–H groups in total. The van der Waals surface area contributed by atoms with E-state index in [1.807, 2.05) is 0 Å². The first-order valence-electron chi connectivity index (χ1n) is 5.81. The maximum Gasteiger partial charge on any atom is 0.182 e. The number of carboxylic acid groups (broad SMARTS) is 1. The van der Waals surface area contributed by atoms with Crippen LogP contribution in [0, 0.1) is 7.14 Å². The summed E-state index contributed by atoms with van der Waals surface area (Å²) in [4.78, 5) is 21.2. The Morgan fingerprint density at radius 1 is 1.09 bits per heavy atom. The van der Waals surface area contributed by atoms with E-state index in [1.54, 1.807) is 36.4 Å². The fourth-order valence-corrected chi connectivity index (χ4v) is 4.81. The molecule has 3 rings (SSSR count). The fourth-order valence-electron chi connectivity index (χ4n) is 1.60. The van der Waals surface area contributed by atoms with Crippen LogP contribution in [-0.4, -0.2) is 11.9 Å². The first kappa shape index (κ1) is 17.0. The van der Waals surface area contributed by atoms with E-state index in [4.69, 9.17) is 0 Å². The predicted molar refractivity (Wildman–Crippen MR) is 88.8 cm³/mol. The SMILES string of the molecule is O=C1OI([O-])c2ccccc21.O=Ic1ccccc1C(=O)[O-]. The molecule has 116 valence electrons. The standard InChI is InChI=1S/C7H4IO3.C7H5IO3/c9-7-5-3-1-2-4-6(5)8(10)11-7;9-7(10)5-3-1-2-4-6(5)8-11/h1-4H;1-4H,(H,9,10)/q-1;/p-1. The number of aromatic carboxylic acids is 1. The van der Waals surface area contributed by atoms with Crippen molar-refractivity contribution in [3.8, 4) is 0 Å². The van der Waals surface area contributed by atoms with Gasteiger partial charge >= 0.3 is 71.3 Å². The first-order valence-corrected chi connectivity index (χ1v) is 10.6. The van der Waals surface area contributed by atoms with Crippen molar-refractivity contribution in [2.75, 3.05) is 0 Å². The molecule has 0 saturated carbocycles. The third kappa shape index (κ3) is 3.87. The van der Waals surface area contributed by atoms with Gasteiger partial charge in [-0.2, -0.15) is 0 Å². The molecule has 0 bridgehead atoms. The first-order chi connectivity index (χ1) is 10.5. The molecule has 0 aromatic heterocycles. The number of hydrogen-bond acceptors (Lipinski definition) is 6. The minimum atomic E-state index is -2.77. The quantitative estimate of drug-likeness (QED) is 0.546. The number of rotatable bonds is 2. The molecule has 0 aliphatic carbocycles. The Hall–Kier alpha value is -1.40. The second-order valence-corrected chi connectivity index (χ2v) is 8.35. The fraction of sp³-hybridized carbons (Fsp3) is 0. The van der Waals surface area contributed by atoms with E-state index in [0.29, 0.717) is 12.7 Å². The van der Waals surface area contributed by atoms with Crippen LogP contribution in [0.15, 0.2) is 48.5 Å². The monoisotopic (exact) mass is 526 g/mol. The van der Waals surface area contributed by atoms with E-state index in [0.717, 1.165) is 0 Å². The van der Waals surface area contributed by atoms with Crippen molar-refractivity contribution in [3.05, 3.63) is 66.8 Å². The largest absolute Gasteiger partial charge is 0.545 e. The van der Waals surface area contributed by atoms with Gasteiger partial charge in [0.2, 0.25) is 0 Å². The molecule has 22 heavy (non-hydrogen) atoms. The Bertz CT molecular complexity index is 731. The van der Waals surface area contributed by atoms with Gasteiger partial charge in [-0.1, -0.05) is 18.2 Å². The van der Waals surface area contributed by atoms with Crippen LogP contribution in [0.1, 0.15) is 20.7 Å². The van der Waals surface area contributed by atoms with Crippen LogP contribution >= 0.6 is 41.8 Å². The van der Waals surface area contributed by atoms with Gasteiger partial charge in [0.25, 0.3) is 0 Å². The molecule has 0 saturated heterocycles. The molecule has 1 aliphatic heterocycles. The average molecular weight is 526 g/mol. The van der Waals surface area contributed by atoms with E-state index in [9.17, 15) is 21.2 Å². The van der Waals surface area contributed by atoms with Crippen molar-refractivity contribution in [2.24, 2.45) is 0 Å². The summed E-state index contributed by atoms with van der Waals surface area (Å²) >= 11 is -4.19. The third-order valence-electron chi connectivity index (χ3n) is 2.58. The van der Waals surface area contributed by atoms with E-state index in [2.05, 4.69) is 3.07 Å². The second kappa shape index (κ2) is 7.74. The summed E-state index contributed by atoms with van der Waals surface area (Å²) < 4.78 is 27.1. The summed E-state index contributed by atoms with van der Waals surface area (Å²) in [5, 5.41) is 10.3. The predicted octanol–water partition coefficient (Wildman–Crippen LogP) is 1.26. The summed E-state index contributed by atoms with van der Waals surface area (Å²) in [6.45, 7) is 0. The molecular formula is C14H8I2O6-2. The van der Waals surface area contributed by atoms with E-state index in [-0.39, 0.29) is 5.56 Å². The van der Waals surface area contributed by atoms with Crippen LogP contribution in [0.5, 0.6) is 0 Å². The molecule has 8 heteroatoms. The van der Waals surface area contributed by atoms with Gasteiger partial charge < -0.3 is 9.90 Å². The third-order valence-corrected chi connectivity index (χ3v) is 6.68. The van der Waals surface area contributed by atoms with Crippen LogP contribution in [-0.2, 0) is 6.14 Å². The Labute approximate surface area is 144 Å². The maximum atomic E-state index is 11.1. The van der Waals surface area contributed by atoms with Crippen LogP contribution < -0.4 is 8.54 Å². The molecule has 0 radical (unpaired) electrons. The number of carbonyl (C=O) groups is 2. The van der Waals surface area contributed by atoms with Crippen molar-refractivity contribution >= 4 is 53.8 Å². The summed E-state index contributed by atoms with van der Waals surface area (Å²) in [6.07, 6.45) is 0. The second-order valence-electron chi connectivity index (χ2n) is 3.91. The molecule has 1 aliphatic rings. The molecule has 0 amide bonds. The molecule has 0 fully saturated rings. The van der Waals surface area contributed by atoms with Gasteiger partial charge in [0.15, 0.2) is 21.2 Å². The summed E-state index contributed by atoms with van der Waals surface area (Å²) in [5.41, 5.74) is 0.503. The van der Waals surface area contributed by atoms with E-state index >= 15 is 0 Å². The van der Waals surface area contributed by atoms with Crippen molar-refractivity contribution in [1.82, 2.24) is 0 Å². The smallest absolute Gasteiger partial charge is 0.182 e. The van der Waals surface area contributed by atoms with Gasteiger partial charge in [-0.15, -0.1) is 0 Å². The minimum Gasteiger partial charge on any atom is -0.545 e. The summed E-state index contributed by atoms with van der Waals surface area (Å²) in [7, 11) is 0. The molecule has 0 atom stereocenters. The van der Waals surface area contributed by atoms with Crippen LogP contribution in [0.3, 0.4) is 0 Å². The Kier molecular flexibility index (Phi) is 5.97. The van der Waals surface area contributed by atoms with Crippen molar-refractivity contribution in [2.45, 2.75) is 0 Å². The van der Waals surface area contributed by atoms with Gasteiger partial charge in [-0.05, 0) is 6.07 Å². The number of carboxylic acids is 1. The zero-order valence-corrected chi connectivity index (χ0v) is 15.1. The maximum absolute atomic E-state index is 11.1. The van der Waals surface area contributed by atoms with E-state index in [1.165, 1.54) is 12.1 Å².